The number of hydrogen-bond acceptors (Lipinski definition) is 4. The highest BCUT2D eigenvalue weighted by Crippen LogP contribution is 2.37. The van der Waals surface area contributed by atoms with Crippen LogP contribution in [0, 0.1) is 5.41 Å². The lowest BCUT2D eigenvalue weighted by molar-refractivity contribution is -0.158. The van der Waals surface area contributed by atoms with Crippen LogP contribution in [-0.2, 0) is 22.5 Å². The monoisotopic (exact) mass is 380 g/mol. The van der Waals surface area contributed by atoms with Crippen LogP contribution in [0.1, 0.15) is 30.9 Å². The fourth-order valence-corrected chi connectivity index (χ4v) is 4.02. The number of hydrogen-bond donors (Lipinski definition) is 0. The molecule has 0 aromatic heterocycles. The fraction of sp³-hybridized carbons (Fsp3) is 0.458. The lowest BCUT2D eigenvalue weighted by Crippen LogP contribution is -2.46. The molecule has 1 fully saturated rings. The number of esters is 1. The molecule has 28 heavy (non-hydrogen) atoms. The van der Waals surface area contributed by atoms with Crippen molar-refractivity contribution in [3.8, 4) is 0 Å². The van der Waals surface area contributed by atoms with Crippen molar-refractivity contribution in [2.75, 3.05) is 38.7 Å². The van der Waals surface area contributed by atoms with E-state index in [0.717, 1.165) is 38.9 Å². The Labute approximate surface area is 169 Å². The van der Waals surface area contributed by atoms with Gasteiger partial charge in [-0.25, -0.2) is 0 Å². The quantitative estimate of drug-likeness (QED) is 0.676. The van der Waals surface area contributed by atoms with Gasteiger partial charge in [0.25, 0.3) is 0 Å². The molecule has 1 saturated heterocycles. The Hall–Kier alpha value is -2.33. The predicted molar refractivity (Wildman–Crippen MR) is 114 cm³/mol. The van der Waals surface area contributed by atoms with Gasteiger partial charge in [0.05, 0.1) is 12.0 Å². The molecule has 0 N–H and O–H groups in total. The minimum absolute atomic E-state index is 0.0335. The Kier molecular flexibility index (Phi) is 6.74. The van der Waals surface area contributed by atoms with Gasteiger partial charge in [0.2, 0.25) is 0 Å². The first-order valence-electron chi connectivity index (χ1n) is 10.2. The number of carbonyl (C=O) groups is 1. The molecule has 1 heterocycles. The van der Waals surface area contributed by atoms with Gasteiger partial charge < -0.3 is 9.64 Å². The average molecular weight is 381 g/mol. The van der Waals surface area contributed by atoms with Crippen molar-refractivity contribution in [2.45, 2.75) is 32.7 Å². The third-order valence-corrected chi connectivity index (χ3v) is 5.77. The largest absolute Gasteiger partial charge is 0.466 e. The van der Waals surface area contributed by atoms with Crippen molar-refractivity contribution in [3.63, 3.8) is 0 Å². The van der Waals surface area contributed by atoms with Crippen molar-refractivity contribution in [3.05, 3.63) is 65.7 Å². The number of carbonyl (C=O) groups excluding carboxylic acids is 1. The standard InChI is InChI=1S/C24H32N2O2/c1-4-28-23(27)24(18-20-8-6-5-7-9-20)14-16-26(17-15-24)19-21-10-12-22(13-11-21)25(2)3/h5-13H,4,14-19H2,1-3H3. The average Bonchev–Trinajstić information content (AvgIpc) is 2.71. The minimum atomic E-state index is -0.400. The van der Waals surface area contributed by atoms with E-state index in [1.165, 1.54) is 16.8 Å². The molecule has 1 aliphatic heterocycles. The van der Waals surface area contributed by atoms with E-state index in [4.69, 9.17) is 4.74 Å². The van der Waals surface area contributed by atoms with Gasteiger partial charge in [-0.05, 0) is 62.5 Å². The summed E-state index contributed by atoms with van der Waals surface area (Å²) in [6.07, 6.45) is 2.45. The Bertz CT molecular complexity index is 748. The lowest BCUT2D eigenvalue weighted by Gasteiger charge is -2.40. The highest BCUT2D eigenvalue weighted by Gasteiger charge is 2.42. The van der Waals surface area contributed by atoms with Gasteiger partial charge in [0.1, 0.15) is 0 Å². The molecule has 2 aromatic rings. The molecule has 150 valence electrons. The fourth-order valence-electron chi connectivity index (χ4n) is 4.02. The van der Waals surface area contributed by atoms with Gasteiger partial charge >= 0.3 is 5.97 Å². The number of benzene rings is 2. The Morgan fingerprint density at radius 3 is 2.21 bits per heavy atom. The molecule has 0 saturated carbocycles. The van der Waals surface area contributed by atoms with E-state index >= 15 is 0 Å². The van der Waals surface area contributed by atoms with Crippen LogP contribution in [0.25, 0.3) is 0 Å². The maximum absolute atomic E-state index is 12.8. The van der Waals surface area contributed by atoms with Crippen LogP contribution >= 0.6 is 0 Å². The molecule has 0 atom stereocenters. The summed E-state index contributed by atoms with van der Waals surface area (Å²) in [6, 6.07) is 19.1. The van der Waals surface area contributed by atoms with E-state index in [1.807, 2.05) is 25.1 Å². The maximum Gasteiger partial charge on any atom is 0.312 e. The SMILES string of the molecule is CCOC(=O)C1(Cc2ccccc2)CCN(Cc2ccc(N(C)C)cc2)CC1. The molecule has 2 aromatic carbocycles. The van der Waals surface area contributed by atoms with Crippen LogP contribution in [0.4, 0.5) is 5.69 Å². The minimum Gasteiger partial charge on any atom is -0.466 e. The van der Waals surface area contributed by atoms with Crippen LogP contribution in [0.2, 0.25) is 0 Å². The molecule has 0 unspecified atom stereocenters. The molecule has 0 aliphatic carbocycles. The predicted octanol–water partition coefficient (Wildman–Crippen LogP) is 4.14. The number of piperidine rings is 1. The van der Waals surface area contributed by atoms with Gasteiger partial charge in [0.15, 0.2) is 0 Å². The molecule has 0 radical (unpaired) electrons. The zero-order valence-corrected chi connectivity index (χ0v) is 17.4. The van der Waals surface area contributed by atoms with E-state index < -0.39 is 5.41 Å². The topological polar surface area (TPSA) is 32.8 Å². The summed E-state index contributed by atoms with van der Waals surface area (Å²) in [5.74, 6) is -0.0335. The summed E-state index contributed by atoms with van der Waals surface area (Å²) in [4.78, 5) is 17.4. The van der Waals surface area contributed by atoms with Crippen molar-refractivity contribution < 1.29 is 9.53 Å². The number of anilines is 1. The second-order valence-corrected chi connectivity index (χ2v) is 8.00. The second kappa shape index (κ2) is 9.24. The number of nitrogens with zero attached hydrogens (tertiary/aromatic N) is 2. The van der Waals surface area contributed by atoms with Gasteiger partial charge in [-0.2, -0.15) is 0 Å². The van der Waals surface area contributed by atoms with E-state index in [9.17, 15) is 4.79 Å². The van der Waals surface area contributed by atoms with Gasteiger partial charge in [-0.15, -0.1) is 0 Å². The number of likely N-dealkylation sites (tertiary alicyclic amines) is 1. The van der Waals surface area contributed by atoms with Crippen molar-refractivity contribution in [1.82, 2.24) is 4.90 Å². The van der Waals surface area contributed by atoms with Crippen molar-refractivity contribution in [2.24, 2.45) is 5.41 Å². The number of rotatable bonds is 7. The Morgan fingerprint density at radius 2 is 1.64 bits per heavy atom. The smallest absolute Gasteiger partial charge is 0.312 e. The second-order valence-electron chi connectivity index (χ2n) is 8.00. The maximum atomic E-state index is 12.8. The van der Waals surface area contributed by atoms with Crippen LogP contribution in [0.15, 0.2) is 54.6 Å². The van der Waals surface area contributed by atoms with E-state index in [1.54, 1.807) is 0 Å². The molecule has 1 aliphatic rings. The van der Waals surface area contributed by atoms with Crippen molar-refractivity contribution in [1.29, 1.82) is 0 Å². The van der Waals surface area contributed by atoms with E-state index in [-0.39, 0.29) is 5.97 Å². The summed E-state index contributed by atoms with van der Waals surface area (Å²) in [6.45, 7) is 5.10. The Balaban J connectivity index is 1.65. The summed E-state index contributed by atoms with van der Waals surface area (Å²) >= 11 is 0. The third-order valence-electron chi connectivity index (χ3n) is 5.77. The van der Waals surface area contributed by atoms with Gasteiger partial charge in [-0.3, -0.25) is 9.69 Å². The number of ether oxygens (including phenoxy) is 1. The molecule has 0 spiro atoms. The van der Waals surface area contributed by atoms with Crippen molar-refractivity contribution >= 4 is 11.7 Å². The highest BCUT2D eigenvalue weighted by molar-refractivity contribution is 5.77. The first kappa shape index (κ1) is 20.4. The van der Waals surface area contributed by atoms with Crippen LogP contribution in [-0.4, -0.2) is 44.7 Å². The summed E-state index contributed by atoms with van der Waals surface area (Å²) in [5, 5.41) is 0. The zero-order chi connectivity index (χ0) is 20.0. The first-order chi connectivity index (χ1) is 13.5. The lowest BCUT2D eigenvalue weighted by atomic mass is 9.73. The summed E-state index contributed by atoms with van der Waals surface area (Å²) in [7, 11) is 4.11. The molecule has 3 rings (SSSR count). The molecular weight excluding hydrogens is 348 g/mol. The zero-order valence-electron chi connectivity index (χ0n) is 17.4. The third kappa shape index (κ3) is 4.93. The van der Waals surface area contributed by atoms with E-state index in [2.05, 4.69) is 60.3 Å². The first-order valence-corrected chi connectivity index (χ1v) is 10.2. The van der Waals surface area contributed by atoms with Gasteiger partial charge in [-0.1, -0.05) is 42.5 Å². The molecule has 0 bridgehead atoms. The molecule has 0 amide bonds. The Morgan fingerprint density at radius 1 is 1.00 bits per heavy atom. The highest BCUT2D eigenvalue weighted by atomic mass is 16.5. The van der Waals surface area contributed by atoms with Crippen LogP contribution in [0.5, 0.6) is 0 Å². The summed E-state index contributed by atoms with van der Waals surface area (Å²) in [5.41, 5.74) is 3.34. The molecule has 4 nitrogen and oxygen atoms in total. The van der Waals surface area contributed by atoms with E-state index in [0.29, 0.717) is 6.61 Å². The normalized spacial score (nSPS) is 16.5. The molecular formula is C24H32N2O2. The summed E-state index contributed by atoms with van der Waals surface area (Å²) < 4.78 is 5.48. The van der Waals surface area contributed by atoms with Crippen LogP contribution < -0.4 is 4.90 Å². The molecule has 4 heteroatoms. The van der Waals surface area contributed by atoms with Gasteiger partial charge in [0, 0.05) is 26.3 Å². The van der Waals surface area contributed by atoms with Crippen LogP contribution in [0.3, 0.4) is 0 Å².